The molecule has 2 aromatic rings. The molecule has 6 heteroatoms. The van der Waals surface area contributed by atoms with Gasteiger partial charge in [0.1, 0.15) is 4.88 Å². The summed E-state index contributed by atoms with van der Waals surface area (Å²) in [5.41, 5.74) is 6.97. The second-order valence-corrected chi connectivity index (χ2v) is 4.01. The summed E-state index contributed by atoms with van der Waals surface area (Å²) >= 11 is 1.35. The van der Waals surface area contributed by atoms with Gasteiger partial charge in [0, 0.05) is 23.7 Å². The van der Waals surface area contributed by atoms with Gasteiger partial charge in [-0.05, 0) is 6.07 Å². The van der Waals surface area contributed by atoms with Crippen molar-refractivity contribution >= 4 is 22.9 Å². The molecule has 2 rings (SSSR count). The number of amides is 1. The number of thiophene rings is 1. The van der Waals surface area contributed by atoms with Crippen LogP contribution in [0.3, 0.4) is 0 Å². The molecule has 0 unspecified atom stereocenters. The highest BCUT2D eigenvalue weighted by atomic mass is 32.1. The molecule has 0 saturated carbocycles. The quantitative estimate of drug-likeness (QED) is 0.731. The van der Waals surface area contributed by atoms with Gasteiger partial charge in [-0.2, -0.15) is 5.10 Å². The van der Waals surface area contributed by atoms with E-state index in [1.165, 1.54) is 11.3 Å². The Hall–Kier alpha value is -1.82. The summed E-state index contributed by atoms with van der Waals surface area (Å²) in [6.45, 7) is 0. The molecule has 0 bridgehead atoms. The first-order valence-electron chi connectivity index (χ1n) is 4.33. The van der Waals surface area contributed by atoms with Crippen LogP contribution >= 0.6 is 11.3 Å². The van der Waals surface area contributed by atoms with Crippen LogP contribution in [0.25, 0.3) is 10.4 Å². The molecule has 0 fully saturated rings. The average Bonchev–Trinajstić information content (AvgIpc) is 2.86. The maximum Gasteiger partial charge on any atom is 0.260 e. The van der Waals surface area contributed by atoms with Gasteiger partial charge in [0.15, 0.2) is 0 Å². The molecular formula is C9H10N4OS. The van der Waals surface area contributed by atoms with E-state index in [0.717, 1.165) is 16.1 Å². The molecule has 2 heterocycles. The first-order valence-corrected chi connectivity index (χ1v) is 5.14. The third-order valence-corrected chi connectivity index (χ3v) is 3.21. The Kier molecular flexibility index (Phi) is 2.42. The summed E-state index contributed by atoms with van der Waals surface area (Å²) in [5, 5.41) is 9.52. The Bertz CT molecular complexity index is 474. The largest absolute Gasteiger partial charge is 0.387 e. The summed E-state index contributed by atoms with van der Waals surface area (Å²) in [5.74, 6) is -0.418. The standard InChI is InChI=1S/C9H10N4OS/c1-11-6-2-7(5-3-12-13-4-5)15-8(6)9(10)14/h2-4,11H,1H3,(H2,10,14)(H,12,13). The van der Waals surface area contributed by atoms with E-state index in [1.54, 1.807) is 19.4 Å². The van der Waals surface area contributed by atoms with E-state index in [9.17, 15) is 4.79 Å². The molecule has 0 aliphatic heterocycles. The molecule has 0 saturated heterocycles. The highest BCUT2D eigenvalue weighted by Gasteiger charge is 2.13. The number of primary amides is 1. The van der Waals surface area contributed by atoms with Crippen LogP contribution in [0.5, 0.6) is 0 Å². The summed E-state index contributed by atoms with van der Waals surface area (Å²) in [6.07, 6.45) is 3.48. The van der Waals surface area contributed by atoms with Crippen molar-refractivity contribution in [3.05, 3.63) is 23.3 Å². The lowest BCUT2D eigenvalue weighted by atomic mass is 10.2. The zero-order valence-corrected chi connectivity index (χ0v) is 8.89. The Morgan fingerprint density at radius 3 is 2.93 bits per heavy atom. The molecule has 0 spiro atoms. The predicted molar refractivity (Wildman–Crippen MR) is 60.0 cm³/mol. The minimum Gasteiger partial charge on any atom is -0.387 e. The maximum absolute atomic E-state index is 11.1. The van der Waals surface area contributed by atoms with Crippen molar-refractivity contribution in [2.75, 3.05) is 12.4 Å². The summed E-state index contributed by atoms with van der Waals surface area (Å²) in [7, 11) is 1.76. The normalized spacial score (nSPS) is 10.2. The number of H-pyrrole nitrogens is 1. The number of aromatic nitrogens is 2. The monoisotopic (exact) mass is 222 g/mol. The van der Waals surface area contributed by atoms with Gasteiger partial charge in [0.05, 0.1) is 11.9 Å². The predicted octanol–water partition coefficient (Wildman–Crippen LogP) is 1.28. The molecule has 4 N–H and O–H groups in total. The summed E-state index contributed by atoms with van der Waals surface area (Å²) in [6, 6.07) is 1.88. The molecule has 0 aliphatic rings. The van der Waals surface area contributed by atoms with Gasteiger partial charge in [-0.3, -0.25) is 9.89 Å². The highest BCUT2D eigenvalue weighted by molar-refractivity contribution is 7.18. The molecule has 0 aliphatic carbocycles. The van der Waals surface area contributed by atoms with Crippen molar-refractivity contribution in [2.24, 2.45) is 5.73 Å². The fraction of sp³-hybridized carbons (Fsp3) is 0.111. The minimum atomic E-state index is -0.418. The first kappa shape index (κ1) is 9.72. The SMILES string of the molecule is CNc1cc(-c2cn[nH]c2)sc1C(N)=O. The Morgan fingerprint density at radius 2 is 2.47 bits per heavy atom. The van der Waals surface area contributed by atoms with Crippen molar-refractivity contribution in [1.29, 1.82) is 0 Å². The van der Waals surface area contributed by atoms with Gasteiger partial charge in [-0.15, -0.1) is 11.3 Å². The van der Waals surface area contributed by atoms with E-state index in [4.69, 9.17) is 5.73 Å². The van der Waals surface area contributed by atoms with Gasteiger partial charge in [-0.1, -0.05) is 0 Å². The van der Waals surface area contributed by atoms with Crippen LogP contribution in [-0.4, -0.2) is 23.2 Å². The number of anilines is 1. The molecule has 0 radical (unpaired) electrons. The van der Waals surface area contributed by atoms with E-state index in [-0.39, 0.29) is 0 Å². The topological polar surface area (TPSA) is 83.8 Å². The number of nitrogens with zero attached hydrogens (tertiary/aromatic N) is 1. The Morgan fingerprint density at radius 1 is 1.67 bits per heavy atom. The lowest BCUT2D eigenvalue weighted by molar-refractivity contribution is 0.100. The minimum absolute atomic E-state index is 0.418. The third-order valence-electron chi connectivity index (χ3n) is 2.01. The molecule has 2 aromatic heterocycles. The molecule has 78 valence electrons. The number of hydrogen-bond acceptors (Lipinski definition) is 4. The number of carbonyl (C=O) groups excluding carboxylic acids is 1. The molecule has 0 aromatic carbocycles. The van der Waals surface area contributed by atoms with Crippen LogP contribution < -0.4 is 11.1 Å². The van der Waals surface area contributed by atoms with Crippen LogP contribution in [0.15, 0.2) is 18.5 Å². The van der Waals surface area contributed by atoms with Gasteiger partial charge in [0.2, 0.25) is 0 Å². The van der Waals surface area contributed by atoms with Crippen LogP contribution in [0.2, 0.25) is 0 Å². The number of nitrogens with two attached hydrogens (primary N) is 1. The zero-order chi connectivity index (χ0) is 10.8. The number of carbonyl (C=O) groups is 1. The van der Waals surface area contributed by atoms with Gasteiger partial charge in [-0.25, -0.2) is 0 Å². The zero-order valence-electron chi connectivity index (χ0n) is 8.07. The van der Waals surface area contributed by atoms with Gasteiger partial charge in [0.25, 0.3) is 5.91 Å². The molecule has 15 heavy (non-hydrogen) atoms. The number of rotatable bonds is 3. The van der Waals surface area contributed by atoms with E-state index in [2.05, 4.69) is 15.5 Å². The highest BCUT2D eigenvalue weighted by Crippen LogP contribution is 2.33. The lowest BCUT2D eigenvalue weighted by Crippen LogP contribution is -2.10. The Labute approximate surface area is 90.3 Å². The van der Waals surface area contributed by atoms with E-state index in [0.29, 0.717) is 4.88 Å². The van der Waals surface area contributed by atoms with Crippen molar-refractivity contribution < 1.29 is 4.79 Å². The fourth-order valence-electron chi connectivity index (χ4n) is 1.29. The number of aromatic amines is 1. The van der Waals surface area contributed by atoms with Crippen LogP contribution in [-0.2, 0) is 0 Å². The van der Waals surface area contributed by atoms with Crippen molar-refractivity contribution in [3.8, 4) is 10.4 Å². The van der Waals surface area contributed by atoms with Crippen molar-refractivity contribution in [3.63, 3.8) is 0 Å². The molecule has 1 amide bonds. The van der Waals surface area contributed by atoms with E-state index < -0.39 is 5.91 Å². The van der Waals surface area contributed by atoms with Crippen LogP contribution in [0.1, 0.15) is 9.67 Å². The van der Waals surface area contributed by atoms with Crippen molar-refractivity contribution in [2.45, 2.75) is 0 Å². The smallest absolute Gasteiger partial charge is 0.260 e. The third kappa shape index (κ3) is 1.71. The second kappa shape index (κ2) is 3.74. The molecule has 0 atom stereocenters. The van der Waals surface area contributed by atoms with Gasteiger partial charge >= 0.3 is 0 Å². The van der Waals surface area contributed by atoms with Crippen molar-refractivity contribution in [1.82, 2.24) is 10.2 Å². The number of nitrogens with one attached hydrogen (secondary N) is 2. The molecular weight excluding hydrogens is 212 g/mol. The summed E-state index contributed by atoms with van der Waals surface area (Å²) < 4.78 is 0. The lowest BCUT2D eigenvalue weighted by Gasteiger charge is -1.95. The summed E-state index contributed by atoms with van der Waals surface area (Å²) in [4.78, 5) is 12.6. The average molecular weight is 222 g/mol. The van der Waals surface area contributed by atoms with Gasteiger partial charge < -0.3 is 11.1 Å². The van der Waals surface area contributed by atoms with E-state index >= 15 is 0 Å². The Balaban J connectivity index is 2.48. The fourth-order valence-corrected chi connectivity index (χ4v) is 2.29. The second-order valence-electron chi connectivity index (χ2n) is 2.95. The van der Waals surface area contributed by atoms with Crippen LogP contribution in [0, 0.1) is 0 Å². The maximum atomic E-state index is 11.1. The number of hydrogen-bond donors (Lipinski definition) is 3. The van der Waals surface area contributed by atoms with E-state index in [1.807, 2.05) is 6.07 Å². The first-order chi connectivity index (χ1) is 7.22. The van der Waals surface area contributed by atoms with Crippen LogP contribution in [0.4, 0.5) is 5.69 Å². The molecule has 5 nitrogen and oxygen atoms in total.